The zero-order valence-corrected chi connectivity index (χ0v) is 19.0. The molecule has 1 aromatic heterocycles. The lowest BCUT2D eigenvalue weighted by atomic mass is 9.73. The van der Waals surface area contributed by atoms with Gasteiger partial charge in [-0.2, -0.15) is 13.2 Å². The molecule has 0 saturated carbocycles. The molecule has 1 amide bonds. The summed E-state index contributed by atoms with van der Waals surface area (Å²) in [4.78, 5) is 13.4. The number of carbonyl (C=O) groups is 1. The average Bonchev–Trinajstić information content (AvgIpc) is 3.31. The number of rotatable bonds is 8. The molecule has 3 aromatic rings. The number of fused-ring (bicyclic) bond motifs is 3. The zero-order valence-electron chi connectivity index (χ0n) is 17.4. The van der Waals surface area contributed by atoms with E-state index in [1.165, 1.54) is 11.3 Å². The van der Waals surface area contributed by atoms with E-state index in [0.29, 0.717) is 12.8 Å². The predicted octanol–water partition coefficient (Wildman–Crippen LogP) is 5.75. The largest absolute Gasteiger partial charge is 0.405 e. The lowest BCUT2D eigenvalue weighted by molar-refractivity contribution is -0.141. The molecule has 0 unspecified atom stereocenters. The van der Waals surface area contributed by atoms with Crippen LogP contribution < -0.4 is 5.32 Å². The summed E-state index contributed by atoms with van der Waals surface area (Å²) in [5.74, 6) is 0.206. The predicted molar refractivity (Wildman–Crippen MR) is 121 cm³/mol. The summed E-state index contributed by atoms with van der Waals surface area (Å²) in [7, 11) is 0. The molecule has 0 atom stereocenters. The molecule has 4 nitrogen and oxygen atoms in total. The van der Waals surface area contributed by atoms with Crippen LogP contribution in [-0.4, -0.2) is 34.6 Å². The van der Waals surface area contributed by atoms with E-state index in [4.69, 9.17) is 0 Å². The van der Waals surface area contributed by atoms with Crippen molar-refractivity contribution in [2.75, 3.05) is 12.3 Å². The molecule has 1 aliphatic carbocycles. The van der Waals surface area contributed by atoms with Crippen LogP contribution in [0.15, 0.2) is 52.9 Å². The minimum absolute atomic E-state index is 0.431. The number of nitrogens with one attached hydrogen (secondary N) is 1. The summed E-state index contributed by atoms with van der Waals surface area (Å²) in [6.45, 7) is 0.560. The van der Waals surface area contributed by atoms with Gasteiger partial charge in [0.25, 0.3) is 0 Å². The highest BCUT2D eigenvalue weighted by molar-refractivity contribution is 8.01. The minimum atomic E-state index is -4.47. The van der Waals surface area contributed by atoms with Crippen molar-refractivity contribution >= 4 is 29.0 Å². The van der Waals surface area contributed by atoms with Crippen LogP contribution in [0.4, 0.5) is 13.2 Å². The number of carbonyl (C=O) groups excluding carboxylic acids is 1. The summed E-state index contributed by atoms with van der Waals surface area (Å²) in [5, 5.41) is 11.2. The van der Waals surface area contributed by atoms with Crippen molar-refractivity contribution in [2.24, 2.45) is 0 Å². The normalized spacial score (nSPS) is 14.1. The van der Waals surface area contributed by atoms with Gasteiger partial charge in [0.05, 0.1) is 0 Å². The topological polar surface area (TPSA) is 54.9 Å². The quantitative estimate of drug-likeness (QED) is 0.331. The minimum Gasteiger partial charge on any atom is -0.346 e. The number of thioether (sulfide) groups is 1. The molecule has 0 bridgehead atoms. The highest BCUT2D eigenvalue weighted by atomic mass is 32.2. The van der Waals surface area contributed by atoms with Crippen molar-refractivity contribution in [2.45, 2.75) is 42.1 Å². The van der Waals surface area contributed by atoms with Crippen molar-refractivity contribution in [1.29, 1.82) is 0 Å². The van der Waals surface area contributed by atoms with E-state index >= 15 is 0 Å². The summed E-state index contributed by atoms with van der Waals surface area (Å²) in [6.07, 6.45) is -2.54. The first kappa shape index (κ1) is 22.8. The van der Waals surface area contributed by atoms with Crippen LogP contribution in [0.5, 0.6) is 0 Å². The van der Waals surface area contributed by atoms with Gasteiger partial charge in [0, 0.05) is 5.75 Å². The lowest BCUT2D eigenvalue weighted by Crippen LogP contribution is -2.47. The SMILES string of the molecule is Cc1nnc(SCCCCC2(C(=O)NCC(F)(F)F)c3ccccc3-c3ccccc32)s1. The van der Waals surface area contributed by atoms with E-state index < -0.39 is 24.0 Å². The maximum Gasteiger partial charge on any atom is 0.405 e. The molecule has 1 heterocycles. The van der Waals surface area contributed by atoms with Crippen LogP contribution in [0, 0.1) is 6.92 Å². The van der Waals surface area contributed by atoms with Crippen molar-refractivity contribution < 1.29 is 18.0 Å². The number of nitrogens with zero attached hydrogens (tertiary/aromatic N) is 2. The summed E-state index contributed by atoms with van der Waals surface area (Å²) in [6, 6.07) is 15.0. The number of amides is 1. The monoisotopic (exact) mass is 477 g/mol. The molecular weight excluding hydrogens is 455 g/mol. The maximum absolute atomic E-state index is 13.4. The Morgan fingerprint density at radius 2 is 1.66 bits per heavy atom. The zero-order chi connectivity index (χ0) is 22.8. The molecule has 0 radical (unpaired) electrons. The van der Waals surface area contributed by atoms with E-state index in [1.807, 2.05) is 55.5 Å². The smallest absolute Gasteiger partial charge is 0.346 e. The average molecular weight is 478 g/mol. The summed E-state index contributed by atoms with van der Waals surface area (Å²) >= 11 is 3.15. The van der Waals surface area contributed by atoms with Gasteiger partial charge < -0.3 is 5.32 Å². The number of unbranched alkanes of at least 4 members (excludes halogenated alkanes) is 1. The fourth-order valence-electron chi connectivity index (χ4n) is 4.27. The maximum atomic E-state index is 13.4. The van der Waals surface area contributed by atoms with Gasteiger partial charge in [-0.1, -0.05) is 78.1 Å². The summed E-state index contributed by atoms with van der Waals surface area (Å²) in [5.41, 5.74) is 2.22. The van der Waals surface area contributed by atoms with Crippen LogP contribution >= 0.6 is 23.1 Å². The highest BCUT2D eigenvalue weighted by Gasteiger charge is 2.49. The Labute approximate surface area is 192 Å². The van der Waals surface area contributed by atoms with Gasteiger partial charge in [-0.3, -0.25) is 4.79 Å². The number of hydrogen-bond donors (Lipinski definition) is 1. The Morgan fingerprint density at radius 1 is 1.03 bits per heavy atom. The second-order valence-electron chi connectivity index (χ2n) is 7.69. The Morgan fingerprint density at radius 3 is 2.22 bits per heavy atom. The highest BCUT2D eigenvalue weighted by Crippen LogP contribution is 2.51. The fraction of sp³-hybridized carbons (Fsp3) is 0.348. The van der Waals surface area contributed by atoms with E-state index in [-0.39, 0.29) is 0 Å². The Kier molecular flexibility index (Phi) is 6.57. The number of hydrogen-bond acceptors (Lipinski definition) is 5. The molecule has 0 fully saturated rings. The van der Waals surface area contributed by atoms with Gasteiger partial charge >= 0.3 is 6.18 Å². The Hall–Kier alpha value is -2.39. The van der Waals surface area contributed by atoms with Crippen LogP contribution in [0.25, 0.3) is 11.1 Å². The van der Waals surface area contributed by atoms with Gasteiger partial charge in [0.15, 0.2) is 4.34 Å². The van der Waals surface area contributed by atoms with E-state index in [9.17, 15) is 18.0 Å². The molecule has 2 aromatic carbocycles. The number of alkyl halides is 3. The van der Waals surface area contributed by atoms with Gasteiger partial charge in [-0.05, 0) is 42.0 Å². The molecule has 0 saturated heterocycles. The number of benzene rings is 2. The molecule has 0 spiro atoms. The van der Waals surface area contributed by atoms with E-state index in [2.05, 4.69) is 15.5 Å². The van der Waals surface area contributed by atoms with Gasteiger partial charge in [0.2, 0.25) is 5.91 Å². The van der Waals surface area contributed by atoms with Crippen molar-refractivity contribution in [3.05, 3.63) is 64.7 Å². The standard InChI is InChI=1S/C23H22F3N3OS2/c1-15-28-29-21(32-15)31-13-7-6-12-22(20(30)27-14-23(24,25)26)18-10-4-2-8-16(18)17-9-3-5-11-19(17)22/h2-5,8-11H,6-7,12-14H2,1H3,(H,27,30). The first-order valence-electron chi connectivity index (χ1n) is 10.3. The number of halogens is 3. The van der Waals surface area contributed by atoms with Crippen molar-refractivity contribution in [3.8, 4) is 11.1 Å². The van der Waals surface area contributed by atoms with Gasteiger partial charge in [-0.15, -0.1) is 10.2 Å². The third-order valence-electron chi connectivity index (χ3n) is 5.58. The number of aryl methyl sites for hydroxylation is 1. The molecule has 1 N–H and O–H groups in total. The molecule has 1 aliphatic rings. The van der Waals surface area contributed by atoms with E-state index in [0.717, 1.165) is 43.8 Å². The second kappa shape index (κ2) is 9.23. The van der Waals surface area contributed by atoms with Crippen LogP contribution in [0.1, 0.15) is 35.4 Å². The number of aromatic nitrogens is 2. The molecular formula is C23H22F3N3OS2. The first-order chi connectivity index (χ1) is 15.3. The third-order valence-corrected chi connectivity index (χ3v) is 7.64. The first-order valence-corrected chi connectivity index (χ1v) is 12.1. The summed E-state index contributed by atoms with van der Waals surface area (Å²) < 4.78 is 39.6. The molecule has 9 heteroatoms. The van der Waals surface area contributed by atoms with Crippen LogP contribution in [0.3, 0.4) is 0 Å². The van der Waals surface area contributed by atoms with Crippen LogP contribution in [0.2, 0.25) is 0 Å². The molecule has 32 heavy (non-hydrogen) atoms. The van der Waals surface area contributed by atoms with Crippen molar-refractivity contribution in [3.63, 3.8) is 0 Å². The Bertz CT molecular complexity index is 1070. The molecule has 0 aliphatic heterocycles. The Balaban J connectivity index is 1.59. The second-order valence-corrected chi connectivity index (χ2v) is 10.2. The molecule has 4 rings (SSSR count). The fourth-order valence-corrected chi connectivity index (χ4v) is 6.16. The van der Waals surface area contributed by atoms with Crippen molar-refractivity contribution in [1.82, 2.24) is 15.5 Å². The lowest BCUT2D eigenvalue weighted by Gasteiger charge is -2.31. The molecule has 168 valence electrons. The third kappa shape index (κ3) is 4.54. The van der Waals surface area contributed by atoms with Gasteiger partial charge in [0.1, 0.15) is 17.0 Å². The van der Waals surface area contributed by atoms with Crippen LogP contribution in [-0.2, 0) is 10.2 Å². The van der Waals surface area contributed by atoms with E-state index in [1.54, 1.807) is 11.8 Å². The van der Waals surface area contributed by atoms with Gasteiger partial charge in [-0.25, -0.2) is 0 Å².